The van der Waals surface area contributed by atoms with Gasteiger partial charge in [-0.05, 0) is 55.1 Å². The van der Waals surface area contributed by atoms with Crippen molar-refractivity contribution in [3.05, 3.63) is 52.1 Å². The van der Waals surface area contributed by atoms with Gasteiger partial charge in [-0.15, -0.1) is 23.4 Å². The average molecular weight is 452 g/mol. The van der Waals surface area contributed by atoms with E-state index in [1.807, 2.05) is 0 Å². The highest BCUT2D eigenvalue weighted by molar-refractivity contribution is 8.19. The largest absolute Gasteiger partial charge is 0.573 e. The minimum atomic E-state index is -4.76. The van der Waals surface area contributed by atoms with Crippen LogP contribution in [0.15, 0.2) is 45.7 Å². The van der Waals surface area contributed by atoms with Crippen molar-refractivity contribution in [2.45, 2.75) is 13.3 Å². The number of amides is 1. The Labute approximate surface area is 175 Å². The molecule has 1 aliphatic heterocycles. The number of carbonyl (C=O) groups is 1. The Bertz CT molecular complexity index is 1150. The van der Waals surface area contributed by atoms with Crippen molar-refractivity contribution in [2.24, 2.45) is 0 Å². The molecule has 0 saturated carbocycles. The van der Waals surface area contributed by atoms with Crippen molar-refractivity contribution in [1.29, 1.82) is 5.41 Å². The molecule has 1 aromatic carbocycles. The van der Waals surface area contributed by atoms with Crippen molar-refractivity contribution in [2.75, 3.05) is 4.90 Å². The summed E-state index contributed by atoms with van der Waals surface area (Å²) < 4.78 is 46.3. The highest BCUT2D eigenvalue weighted by Gasteiger charge is 2.36. The molecule has 0 unspecified atom stereocenters. The van der Waals surface area contributed by atoms with Gasteiger partial charge in [-0.1, -0.05) is 11.3 Å². The zero-order valence-corrected chi connectivity index (χ0v) is 16.7. The Hall–Kier alpha value is -3.12. The van der Waals surface area contributed by atoms with Crippen molar-refractivity contribution in [3.8, 4) is 17.1 Å². The molecule has 2 aromatic heterocycles. The Morgan fingerprint density at radius 3 is 2.53 bits per heavy atom. The number of hydrogen-bond donors (Lipinski definition) is 1. The third-order valence-corrected chi connectivity index (χ3v) is 5.51. The molecule has 1 aliphatic rings. The maximum atomic E-state index is 12.6. The van der Waals surface area contributed by atoms with E-state index < -0.39 is 12.3 Å². The van der Waals surface area contributed by atoms with Crippen molar-refractivity contribution in [3.63, 3.8) is 0 Å². The minimum Gasteiger partial charge on any atom is -0.457 e. The van der Waals surface area contributed by atoms with Crippen LogP contribution in [0.2, 0.25) is 0 Å². The second-order valence-corrected chi connectivity index (χ2v) is 8.12. The van der Waals surface area contributed by atoms with Crippen LogP contribution in [0.5, 0.6) is 5.75 Å². The Morgan fingerprint density at radius 1 is 1.17 bits per heavy atom. The van der Waals surface area contributed by atoms with Gasteiger partial charge >= 0.3 is 6.36 Å². The number of aryl methyl sites for hydroxylation is 1. The fraction of sp³-hybridized carbons (Fsp3) is 0.111. The van der Waals surface area contributed by atoms with Gasteiger partial charge in [-0.25, -0.2) is 4.90 Å². The van der Waals surface area contributed by atoms with Gasteiger partial charge in [0, 0.05) is 11.6 Å². The summed E-state index contributed by atoms with van der Waals surface area (Å²) in [6.45, 7) is 1.75. The average Bonchev–Trinajstić information content (AvgIpc) is 3.35. The van der Waals surface area contributed by atoms with Crippen molar-refractivity contribution < 1.29 is 27.1 Å². The van der Waals surface area contributed by atoms with E-state index in [0.717, 1.165) is 11.8 Å². The zero-order chi connectivity index (χ0) is 21.5. The van der Waals surface area contributed by atoms with E-state index in [2.05, 4.69) is 14.9 Å². The highest BCUT2D eigenvalue weighted by Crippen LogP contribution is 2.37. The molecule has 7 nitrogen and oxygen atoms in total. The monoisotopic (exact) mass is 452 g/mol. The number of ether oxygens (including phenoxy) is 1. The van der Waals surface area contributed by atoms with Gasteiger partial charge in [0.25, 0.3) is 5.91 Å². The second-order valence-electron chi connectivity index (χ2n) is 5.93. The number of furan rings is 1. The number of amidine groups is 1. The quantitative estimate of drug-likeness (QED) is 0.557. The number of nitrogens with one attached hydrogen (secondary N) is 1. The van der Waals surface area contributed by atoms with Gasteiger partial charge in [-0.3, -0.25) is 10.2 Å². The van der Waals surface area contributed by atoms with E-state index in [0.29, 0.717) is 27.2 Å². The SMILES string of the molecule is Cc1nnc(N2C(=N)S/C(=C/c3ccc(-c4ccc(OC(F)(F)F)cc4)o3)C2=O)s1. The first-order valence-corrected chi connectivity index (χ1v) is 9.91. The maximum Gasteiger partial charge on any atom is 0.573 e. The molecule has 154 valence electrons. The first-order chi connectivity index (χ1) is 14.2. The molecule has 0 atom stereocenters. The first kappa shape index (κ1) is 20.2. The van der Waals surface area contributed by atoms with Crippen LogP contribution in [0.3, 0.4) is 0 Å². The molecule has 4 rings (SSSR count). The summed E-state index contributed by atoms with van der Waals surface area (Å²) in [5.41, 5.74) is 0.540. The summed E-state index contributed by atoms with van der Waals surface area (Å²) in [5.74, 6) is 0.0217. The summed E-state index contributed by atoms with van der Waals surface area (Å²) in [7, 11) is 0. The van der Waals surface area contributed by atoms with Gasteiger partial charge in [0.15, 0.2) is 5.17 Å². The first-order valence-electron chi connectivity index (χ1n) is 8.28. The number of anilines is 1. The summed E-state index contributed by atoms with van der Waals surface area (Å²) >= 11 is 2.17. The summed E-state index contributed by atoms with van der Waals surface area (Å²) in [6.07, 6.45) is -3.26. The number of rotatable bonds is 4. The van der Waals surface area contributed by atoms with Crippen LogP contribution in [-0.2, 0) is 4.79 Å². The fourth-order valence-electron chi connectivity index (χ4n) is 2.57. The summed E-state index contributed by atoms with van der Waals surface area (Å²) in [6, 6.07) is 8.49. The Balaban J connectivity index is 1.52. The van der Waals surface area contributed by atoms with Gasteiger partial charge in [0.2, 0.25) is 5.13 Å². The minimum absolute atomic E-state index is 0.00873. The lowest BCUT2D eigenvalue weighted by Crippen LogP contribution is -2.27. The summed E-state index contributed by atoms with van der Waals surface area (Å²) in [4.78, 5) is 14.1. The molecular weight excluding hydrogens is 441 g/mol. The third-order valence-electron chi connectivity index (χ3n) is 3.80. The van der Waals surface area contributed by atoms with Crippen LogP contribution in [-0.4, -0.2) is 27.6 Å². The molecule has 1 saturated heterocycles. The molecule has 0 spiro atoms. The molecule has 12 heteroatoms. The number of benzene rings is 1. The predicted octanol–water partition coefficient (Wildman–Crippen LogP) is 5.06. The number of hydrogen-bond acceptors (Lipinski definition) is 8. The molecule has 1 N–H and O–H groups in total. The van der Waals surface area contributed by atoms with Gasteiger partial charge < -0.3 is 9.15 Å². The van der Waals surface area contributed by atoms with E-state index >= 15 is 0 Å². The molecule has 1 fully saturated rings. The van der Waals surface area contributed by atoms with Crippen LogP contribution >= 0.6 is 23.1 Å². The number of nitrogens with zero attached hydrogens (tertiary/aromatic N) is 3. The van der Waals surface area contributed by atoms with Crippen molar-refractivity contribution in [1.82, 2.24) is 10.2 Å². The molecule has 3 aromatic rings. The van der Waals surface area contributed by atoms with Crippen LogP contribution in [0, 0.1) is 12.3 Å². The lowest BCUT2D eigenvalue weighted by atomic mass is 10.2. The van der Waals surface area contributed by atoms with Gasteiger partial charge in [0.05, 0.1) is 4.91 Å². The lowest BCUT2D eigenvalue weighted by molar-refractivity contribution is -0.274. The lowest BCUT2D eigenvalue weighted by Gasteiger charge is -2.08. The Kier molecular flexibility index (Phi) is 5.12. The Morgan fingerprint density at radius 2 is 1.90 bits per heavy atom. The van der Waals surface area contributed by atoms with E-state index in [-0.39, 0.29) is 15.8 Å². The van der Waals surface area contributed by atoms with Gasteiger partial charge in [0.1, 0.15) is 22.3 Å². The number of halogens is 3. The standard InChI is InChI=1S/C18H11F3N4O3S2/c1-9-23-24-17(29-9)25-15(26)14(30-16(25)22)8-12-6-7-13(27-12)10-2-4-11(5-3-10)28-18(19,20)21/h2-8,22H,1H3/b14-8+,22-16?. The van der Waals surface area contributed by atoms with Crippen molar-refractivity contribution >= 4 is 45.4 Å². The molecule has 30 heavy (non-hydrogen) atoms. The number of aromatic nitrogens is 2. The van der Waals surface area contributed by atoms with E-state index in [1.165, 1.54) is 46.6 Å². The maximum absolute atomic E-state index is 12.6. The molecule has 3 heterocycles. The topological polar surface area (TPSA) is 92.3 Å². The fourth-order valence-corrected chi connectivity index (χ4v) is 4.15. The van der Waals surface area contributed by atoms with E-state index in [1.54, 1.807) is 19.1 Å². The number of thioether (sulfide) groups is 1. The van der Waals surface area contributed by atoms with Crippen LogP contribution < -0.4 is 9.64 Å². The second kappa shape index (κ2) is 7.61. The molecular formula is C18H11F3N4O3S2. The molecule has 0 radical (unpaired) electrons. The smallest absolute Gasteiger partial charge is 0.457 e. The highest BCUT2D eigenvalue weighted by atomic mass is 32.2. The molecule has 0 bridgehead atoms. The predicted molar refractivity (Wildman–Crippen MR) is 106 cm³/mol. The summed E-state index contributed by atoms with van der Waals surface area (Å²) in [5, 5.41) is 16.8. The zero-order valence-electron chi connectivity index (χ0n) is 15.1. The number of alkyl halides is 3. The van der Waals surface area contributed by atoms with Crippen LogP contribution in [0.25, 0.3) is 17.4 Å². The number of carbonyl (C=O) groups excluding carboxylic acids is 1. The van der Waals surface area contributed by atoms with Crippen LogP contribution in [0.1, 0.15) is 10.8 Å². The third kappa shape index (κ3) is 4.24. The van der Waals surface area contributed by atoms with Crippen LogP contribution in [0.4, 0.5) is 18.3 Å². The molecule has 1 amide bonds. The van der Waals surface area contributed by atoms with E-state index in [4.69, 9.17) is 9.83 Å². The van der Waals surface area contributed by atoms with Gasteiger partial charge in [-0.2, -0.15) is 0 Å². The normalized spacial score (nSPS) is 16.0. The molecule has 0 aliphatic carbocycles. The van der Waals surface area contributed by atoms with E-state index in [9.17, 15) is 18.0 Å².